The number of halogens is 1. The molecule has 1 saturated heterocycles. The molecule has 2 aromatic rings. The number of piperidine rings is 1. The summed E-state index contributed by atoms with van der Waals surface area (Å²) in [6.07, 6.45) is 1.22. The van der Waals surface area contributed by atoms with Crippen molar-refractivity contribution in [1.82, 2.24) is 10.2 Å². The summed E-state index contributed by atoms with van der Waals surface area (Å²) in [5.74, 6) is 0.199. The van der Waals surface area contributed by atoms with E-state index in [2.05, 4.69) is 5.32 Å². The van der Waals surface area contributed by atoms with Gasteiger partial charge >= 0.3 is 0 Å². The SMILES string of the molecule is COc1ccc(C(=O)C2CCN(C(=O)CNC(=O)c3cccc(Cl)c3)CC2)cc1. The number of likely N-dealkylation sites (tertiary alicyclic amines) is 1. The van der Waals surface area contributed by atoms with Crippen molar-refractivity contribution < 1.29 is 19.1 Å². The molecule has 2 aromatic carbocycles. The van der Waals surface area contributed by atoms with Gasteiger partial charge < -0.3 is 15.0 Å². The monoisotopic (exact) mass is 414 g/mol. The Kier molecular flexibility index (Phi) is 6.88. The van der Waals surface area contributed by atoms with Crippen LogP contribution >= 0.6 is 11.6 Å². The number of benzene rings is 2. The molecule has 0 bridgehead atoms. The normalized spacial score (nSPS) is 14.3. The number of nitrogens with zero attached hydrogens (tertiary/aromatic N) is 1. The molecule has 7 heteroatoms. The third kappa shape index (κ3) is 5.35. The van der Waals surface area contributed by atoms with E-state index >= 15 is 0 Å². The molecule has 0 saturated carbocycles. The maximum atomic E-state index is 12.7. The molecule has 0 spiro atoms. The Morgan fingerprint density at radius 2 is 1.76 bits per heavy atom. The Morgan fingerprint density at radius 3 is 2.38 bits per heavy atom. The molecule has 0 radical (unpaired) electrons. The molecule has 29 heavy (non-hydrogen) atoms. The fourth-order valence-electron chi connectivity index (χ4n) is 3.38. The number of hydrogen-bond donors (Lipinski definition) is 1. The fraction of sp³-hybridized carbons (Fsp3) is 0.318. The molecule has 3 rings (SSSR count). The van der Waals surface area contributed by atoms with Crippen LogP contribution in [0.5, 0.6) is 5.75 Å². The predicted molar refractivity (Wildman–Crippen MR) is 110 cm³/mol. The first-order valence-electron chi connectivity index (χ1n) is 9.47. The van der Waals surface area contributed by atoms with Gasteiger partial charge in [-0.15, -0.1) is 0 Å². The molecule has 6 nitrogen and oxygen atoms in total. The lowest BCUT2D eigenvalue weighted by Gasteiger charge is -2.31. The number of ketones is 1. The summed E-state index contributed by atoms with van der Waals surface area (Å²) in [6.45, 7) is 0.916. The Balaban J connectivity index is 1.47. The summed E-state index contributed by atoms with van der Waals surface area (Å²) < 4.78 is 5.12. The van der Waals surface area contributed by atoms with E-state index in [1.54, 1.807) is 60.5 Å². The Hall–Kier alpha value is -2.86. The van der Waals surface area contributed by atoms with E-state index in [0.717, 1.165) is 0 Å². The lowest BCUT2D eigenvalue weighted by atomic mass is 9.89. The number of Topliss-reactive ketones (excluding diaryl/α,β-unsaturated/α-hetero) is 1. The quantitative estimate of drug-likeness (QED) is 0.736. The average Bonchev–Trinajstić information content (AvgIpc) is 2.77. The first-order valence-corrected chi connectivity index (χ1v) is 9.85. The lowest BCUT2D eigenvalue weighted by Crippen LogP contribution is -2.45. The number of methoxy groups -OCH3 is 1. The van der Waals surface area contributed by atoms with Gasteiger partial charge in [-0.25, -0.2) is 0 Å². The number of amides is 2. The number of carbonyl (C=O) groups is 3. The van der Waals surface area contributed by atoms with Gasteiger partial charge in [-0.1, -0.05) is 17.7 Å². The van der Waals surface area contributed by atoms with Crippen molar-refractivity contribution in [3.63, 3.8) is 0 Å². The topological polar surface area (TPSA) is 75.7 Å². The minimum atomic E-state index is -0.342. The van der Waals surface area contributed by atoms with Crippen molar-refractivity contribution in [3.8, 4) is 5.75 Å². The summed E-state index contributed by atoms with van der Waals surface area (Å²) in [5, 5.41) is 3.09. The maximum absolute atomic E-state index is 12.7. The van der Waals surface area contributed by atoms with Crippen molar-refractivity contribution in [3.05, 3.63) is 64.7 Å². The highest BCUT2D eigenvalue weighted by molar-refractivity contribution is 6.31. The summed E-state index contributed by atoms with van der Waals surface area (Å²) in [5.41, 5.74) is 1.07. The number of hydrogen-bond acceptors (Lipinski definition) is 4. The van der Waals surface area contributed by atoms with Crippen LogP contribution < -0.4 is 10.1 Å². The number of rotatable bonds is 6. The van der Waals surface area contributed by atoms with Gasteiger partial charge in [0.15, 0.2) is 5.78 Å². The van der Waals surface area contributed by atoms with E-state index in [0.29, 0.717) is 47.8 Å². The van der Waals surface area contributed by atoms with Crippen LogP contribution in [0.25, 0.3) is 0 Å². The van der Waals surface area contributed by atoms with Gasteiger partial charge in [0.2, 0.25) is 5.91 Å². The van der Waals surface area contributed by atoms with Crippen molar-refractivity contribution in [2.45, 2.75) is 12.8 Å². The van der Waals surface area contributed by atoms with E-state index < -0.39 is 0 Å². The average molecular weight is 415 g/mol. The minimum absolute atomic E-state index is 0.0809. The lowest BCUT2D eigenvalue weighted by molar-refractivity contribution is -0.131. The molecule has 2 amide bonds. The molecule has 1 fully saturated rings. The largest absolute Gasteiger partial charge is 0.497 e. The molecule has 152 valence electrons. The molecule has 1 heterocycles. The molecule has 0 unspecified atom stereocenters. The molecule has 1 aliphatic rings. The zero-order valence-corrected chi connectivity index (χ0v) is 16.9. The van der Waals surface area contributed by atoms with Gasteiger partial charge in [-0.05, 0) is 55.3 Å². The molecular weight excluding hydrogens is 392 g/mol. The van der Waals surface area contributed by atoms with Crippen molar-refractivity contribution >= 4 is 29.2 Å². The Labute approximate surface area is 174 Å². The third-order valence-electron chi connectivity index (χ3n) is 5.08. The maximum Gasteiger partial charge on any atom is 0.251 e. The standard InChI is InChI=1S/C22H23ClN2O4/c1-29-19-7-5-15(6-8-19)21(27)16-9-11-25(12-10-16)20(26)14-24-22(28)17-3-2-4-18(23)13-17/h2-8,13,16H,9-12,14H2,1H3,(H,24,28). The highest BCUT2D eigenvalue weighted by Crippen LogP contribution is 2.23. The van der Waals surface area contributed by atoms with Crippen LogP contribution in [0.2, 0.25) is 5.02 Å². The van der Waals surface area contributed by atoms with Crippen molar-refractivity contribution in [2.75, 3.05) is 26.7 Å². The fourth-order valence-corrected chi connectivity index (χ4v) is 3.57. The van der Waals surface area contributed by atoms with Crippen LogP contribution in [-0.2, 0) is 4.79 Å². The number of carbonyl (C=O) groups excluding carboxylic acids is 3. The highest BCUT2D eigenvalue weighted by Gasteiger charge is 2.28. The summed E-state index contributed by atoms with van der Waals surface area (Å²) in [7, 11) is 1.58. The van der Waals surface area contributed by atoms with E-state index in [-0.39, 0.29) is 30.1 Å². The van der Waals surface area contributed by atoms with Crippen LogP contribution in [0.4, 0.5) is 0 Å². The molecular formula is C22H23ClN2O4. The Morgan fingerprint density at radius 1 is 1.07 bits per heavy atom. The second-order valence-corrected chi connectivity index (χ2v) is 7.38. The summed E-state index contributed by atoms with van der Waals surface area (Å²) in [4.78, 5) is 38.9. The van der Waals surface area contributed by atoms with Crippen LogP contribution in [0.1, 0.15) is 33.6 Å². The van der Waals surface area contributed by atoms with Gasteiger partial charge in [0.05, 0.1) is 13.7 Å². The van der Waals surface area contributed by atoms with Crippen molar-refractivity contribution in [1.29, 1.82) is 0 Å². The van der Waals surface area contributed by atoms with Crippen LogP contribution in [-0.4, -0.2) is 49.2 Å². The third-order valence-corrected chi connectivity index (χ3v) is 5.32. The molecule has 1 aliphatic heterocycles. The zero-order chi connectivity index (χ0) is 20.8. The molecule has 1 N–H and O–H groups in total. The van der Waals surface area contributed by atoms with E-state index in [1.165, 1.54) is 0 Å². The number of nitrogens with one attached hydrogen (secondary N) is 1. The van der Waals surface area contributed by atoms with Gasteiger partial charge in [0, 0.05) is 35.2 Å². The molecule has 0 aromatic heterocycles. The van der Waals surface area contributed by atoms with Gasteiger partial charge in [0.1, 0.15) is 5.75 Å². The van der Waals surface area contributed by atoms with Crippen LogP contribution in [0.3, 0.4) is 0 Å². The van der Waals surface area contributed by atoms with Crippen LogP contribution in [0, 0.1) is 5.92 Å². The highest BCUT2D eigenvalue weighted by atomic mass is 35.5. The van der Waals surface area contributed by atoms with Crippen molar-refractivity contribution in [2.24, 2.45) is 5.92 Å². The Bertz CT molecular complexity index is 890. The van der Waals surface area contributed by atoms with Gasteiger partial charge in [-0.3, -0.25) is 14.4 Å². The molecule has 0 atom stereocenters. The minimum Gasteiger partial charge on any atom is -0.497 e. The van der Waals surface area contributed by atoms with E-state index in [1.807, 2.05) is 0 Å². The second-order valence-electron chi connectivity index (χ2n) is 6.94. The summed E-state index contributed by atoms with van der Waals surface area (Å²) in [6, 6.07) is 13.6. The van der Waals surface area contributed by atoms with Gasteiger partial charge in [-0.2, -0.15) is 0 Å². The second kappa shape index (κ2) is 9.56. The first-order chi connectivity index (χ1) is 14.0. The zero-order valence-electron chi connectivity index (χ0n) is 16.2. The molecule has 0 aliphatic carbocycles. The van der Waals surface area contributed by atoms with Gasteiger partial charge in [0.25, 0.3) is 5.91 Å². The first kappa shape index (κ1) is 20.9. The summed E-state index contributed by atoms with van der Waals surface area (Å²) >= 11 is 5.88. The number of ether oxygens (including phenoxy) is 1. The van der Waals surface area contributed by atoms with Crippen LogP contribution in [0.15, 0.2) is 48.5 Å². The van der Waals surface area contributed by atoms with E-state index in [9.17, 15) is 14.4 Å². The smallest absolute Gasteiger partial charge is 0.251 e. The predicted octanol–water partition coefficient (Wildman–Crippen LogP) is 3.20. The van der Waals surface area contributed by atoms with E-state index in [4.69, 9.17) is 16.3 Å².